The second-order valence-electron chi connectivity index (χ2n) is 5.92. The van der Waals surface area contributed by atoms with Crippen molar-refractivity contribution in [2.75, 3.05) is 13.1 Å². The molecule has 2 aromatic heterocycles. The van der Waals surface area contributed by atoms with Gasteiger partial charge in [0.2, 0.25) is 0 Å². The molecule has 5 heteroatoms. The van der Waals surface area contributed by atoms with E-state index < -0.39 is 6.09 Å². The van der Waals surface area contributed by atoms with Gasteiger partial charge in [-0.1, -0.05) is 6.07 Å². The van der Waals surface area contributed by atoms with Crippen molar-refractivity contribution < 1.29 is 9.90 Å². The van der Waals surface area contributed by atoms with Crippen LogP contribution in [-0.4, -0.2) is 38.7 Å². The molecule has 1 amide bonds. The Bertz CT molecular complexity index is 665. The number of piperidine rings is 1. The fraction of sp³-hybridized carbons (Fsp3) is 0.412. The number of nitrogens with zero attached hydrogens (tertiary/aromatic N) is 3. The lowest BCUT2D eigenvalue weighted by molar-refractivity contribution is 0.131. The smallest absolute Gasteiger partial charge is 0.407 e. The minimum absolute atomic E-state index is 0.340. The molecule has 1 fully saturated rings. The molecule has 1 N–H and O–H groups in total. The Hall–Kier alpha value is -2.30. The Morgan fingerprint density at radius 3 is 2.36 bits per heavy atom. The third kappa shape index (κ3) is 2.71. The molecule has 0 atom stereocenters. The summed E-state index contributed by atoms with van der Waals surface area (Å²) in [5.41, 5.74) is 3.40. The molecule has 0 spiro atoms. The summed E-state index contributed by atoms with van der Waals surface area (Å²) >= 11 is 0. The van der Waals surface area contributed by atoms with Gasteiger partial charge in [0.1, 0.15) is 5.82 Å². The van der Waals surface area contributed by atoms with Crippen LogP contribution in [0.2, 0.25) is 0 Å². The lowest BCUT2D eigenvalue weighted by Gasteiger charge is -2.29. The van der Waals surface area contributed by atoms with Crippen LogP contribution in [-0.2, 0) is 0 Å². The van der Waals surface area contributed by atoms with Gasteiger partial charge in [0.25, 0.3) is 0 Å². The molecule has 0 aromatic carbocycles. The number of likely N-dealkylation sites (tertiary alicyclic amines) is 1. The van der Waals surface area contributed by atoms with E-state index in [1.807, 2.05) is 12.1 Å². The number of carboxylic acid groups (broad SMARTS) is 1. The van der Waals surface area contributed by atoms with Gasteiger partial charge in [0, 0.05) is 36.1 Å². The molecular weight excluding hydrogens is 278 g/mol. The van der Waals surface area contributed by atoms with E-state index in [1.54, 1.807) is 0 Å². The second-order valence-corrected chi connectivity index (χ2v) is 5.92. The largest absolute Gasteiger partial charge is 0.465 e. The van der Waals surface area contributed by atoms with Crippen molar-refractivity contribution in [3.8, 4) is 5.82 Å². The maximum absolute atomic E-state index is 11.0. The topological polar surface area (TPSA) is 58.4 Å². The van der Waals surface area contributed by atoms with Crippen molar-refractivity contribution in [3.05, 3.63) is 47.4 Å². The summed E-state index contributed by atoms with van der Waals surface area (Å²) < 4.78 is 2.15. The molecule has 5 nitrogen and oxygen atoms in total. The van der Waals surface area contributed by atoms with Gasteiger partial charge in [0.05, 0.1) is 0 Å². The number of hydrogen-bond donors (Lipinski definition) is 1. The highest BCUT2D eigenvalue weighted by Crippen LogP contribution is 2.27. The van der Waals surface area contributed by atoms with Crippen LogP contribution < -0.4 is 0 Å². The van der Waals surface area contributed by atoms with Crippen molar-refractivity contribution >= 4 is 6.09 Å². The predicted molar refractivity (Wildman–Crippen MR) is 84.6 cm³/mol. The number of aryl methyl sites for hydroxylation is 2. The first-order chi connectivity index (χ1) is 10.6. The number of aromatic nitrogens is 2. The zero-order valence-electron chi connectivity index (χ0n) is 13.0. The summed E-state index contributed by atoms with van der Waals surface area (Å²) in [5.74, 6) is 1.28. The summed E-state index contributed by atoms with van der Waals surface area (Å²) in [5, 5.41) is 9.03. The molecule has 1 aliphatic heterocycles. The number of amides is 1. The van der Waals surface area contributed by atoms with E-state index in [1.165, 1.54) is 16.3 Å². The first-order valence-corrected chi connectivity index (χ1v) is 7.66. The third-order valence-corrected chi connectivity index (χ3v) is 4.44. The van der Waals surface area contributed by atoms with Crippen molar-refractivity contribution in [3.63, 3.8) is 0 Å². The Morgan fingerprint density at radius 2 is 1.77 bits per heavy atom. The number of pyridine rings is 1. The molecule has 0 radical (unpaired) electrons. The summed E-state index contributed by atoms with van der Waals surface area (Å²) in [6.45, 7) is 5.33. The van der Waals surface area contributed by atoms with Crippen LogP contribution in [0, 0.1) is 13.8 Å². The molecule has 0 saturated carbocycles. The van der Waals surface area contributed by atoms with E-state index in [2.05, 4.69) is 36.6 Å². The predicted octanol–water partition coefficient (Wildman–Crippen LogP) is 3.35. The summed E-state index contributed by atoms with van der Waals surface area (Å²) in [6.07, 6.45) is 0.859. The van der Waals surface area contributed by atoms with E-state index in [4.69, 9.17) is 10.1 Å². The Kier molecular flexibility index (Phi) is 3.88. The summed E-state index contributed by atoms with van der Waals surface area (Å²) in [6, 6.07) is 10.3. The third-order valence-electron chi connectivity index (χ3n) is 4.44. The van der Waals surface area contributed by atoms with Crippen LogP contribution in [0.4, 0.5) is 4.79 Å². The maximum Gasteiger partial charge on any atom is 0.407 e. The molecule has 3 heterocycles. The van der Waals surface area contributed by atoms with E-state index in [0.717, 1.165) is 24.4 Å². The fourth-order valence-corrected chi connectivity index (χ4v) is 3.19. The van der Waals surface area contributed by atoms with Gasteiger partial charge in [-0.25, -0.2) is 9.78 Å². The molecule has 0 bridgehead atoms. The average Bonchev–Trinajstić information content (AvgIpc) is 2.86. The Morgan fingerprint density at radius 1 is 1.14 bits per heavy atom. The van der Waals surface area contributed by atoms with Gasteiger partial charge >= 0.3 is 6.09 Å². The molecule has 3 rings (SSSR count). The van der Waals surface area contributed by atoms with E-state index >= 15 is 0 Å². The molecule has 1 aliphatic rings. The van der Waals surface area contributed by atoms with Crippen molar-refractivity contribution in [1.29, 1.82) is 0 Å². The van der Waals surface area contributed by atoms with Gasteiger partial charge < -0.3 is 14.6 Å². The van der Waals surface area contributed by atoms with Crippen LogP contribution in [0.1, 0.15) is 35.8 Å². The molecular formula is C17H21N3O2. The van der Waals surface area contributed by atoms with Crippen molar-refractivity contribution in [2.24, 2.45) is 0 Å². The van der Waals surface area contributed by atoms with Gasteiger partial charge in [0.15, 0.2) is 0 Å². The molecule has 0 aliphatic carbocycles. The summed E-state index contributed by atoms with van der Waals surface area (Å²) in [4.78, 5) is 17.3. The van der Waals surface area contributed by atoms with Crippen LogP contribution in [0.3, 0.4) is 0 Å². The monoisotopic (exact) mass is 299 g/mol. The van der Waals surface area contributed by atoms with E-state index in [0.29, 0.717) is 19.0 Å². The first kappa shape index (κ1) is 14.6. The lowest BCUT2D eigenvalue weighted by atomic mass is 9.93. The van der Waals surface area contributed by atoms with Crippen LogP contribution >= 0.6 is 0 Å². The highest BCUT2D eigenvalue weighted by Gasteiger charge is 2.24. The van der Waals surface area contributed by atoms with Gasteiger partial charge in [-0.15, -0.1) is 0 Å². The quantitative estimate of drug-likeness (QED) is 0.925. The molecule has 1 saturated heterocycles. The van der Waals surface area contributed by atoms with Crippen LogP contribution in [0.25, 0.3) is 5.82 Å². The highest BCUT2D eigenvalue weighted by molar-refractivity contribution is 5.65. The van der Waals surface area contributed by atoms with Crippen molar-refractivity contribution in [1.82, 2.24) is 14.5 Å². The van der Waals surface area contributed by atoms with Gasteiger partial charge in [-0.2, -0.15) is 0 Å². The van der Waals surface area contributed by atoms with E-state index in [9.17, 15) is 4.79 Å². The normalized spacial score (nSPS) is 16.0. The molecule has 22 heavy (non-hydrogen) atoms. The van der Waals surface area contributed by atoms with Gasteiger partial charge in [-0.05, 0) is 51.0 Å². The number of hydrogen-bond acceptors (Lipinski definition) is 2. The minimum atomic E-state index is -0.821. The second kappa shape index (κ2) is 5.83. The Balaban J connectivity index is 1.82. The van der Waals surface area contributed by atoms with E-state index in [-0.39, 0.29) is 0 Å². The zero-order chi connectivity index (χ0) is 15.7. The SMILES string of the molecule is Cc1ccc(C)n1-c1cccc(C2CCN(C(=O)O)CC2)n1. The zero-order valence-corrected chi connectivity index (χ0v) is 13.0. The standard InChI is InChI=1S/C17H21N3O2/c1-12-6-7-13(2)20(12)16-5-3-4-15(18-16)14-8-10-19(11-9-14)17(21)22/h3-7,14H,8-11H2,1-2H3,(H,21,22). The van der Waals surface area contributed by atoms with Crippen LogP contribution in [0.15, 0.2) is 30.3 Å². The lowest BCUT2D eigenvalue weighted by Crippen LogP contribution is -2.37. The molecule has 2 aromatic rings. The number of rotatable bonds is 2. The van der Waals surface area contributed by atoms with Crippen LogP contribution in [0.5, 0.6) is 0 Å². The first-order valence-electron chi connectivity index (χ1n) is 7.66. The summed E-state index contributed by atoms with van der Waals surface area (Å²) in [7, 11) is 0. The Labute approximate surface area is 130 Å². The molecule has 116 valence electrons. The van der Waals surface area contributed by atoms with Gasteiger partial charge in [-0.3, -0.25) is 0 Å². The maximum atomic E-state index is 11.0. The number of carbonyl (C=O) groups is 1. The van der Waals surface area contributed by atoms with Crippen molar-refractivity contribution in [2.45, 2.75) is 32.6 Å². The fourth-order valence-electron chi connectivity index (χ4n) is 3.19. The molecule has 0 unspecified atom stereocenters. The average molecular weight is 299 g/mol. The highest BCUT2D eigenvalue weighted by atomic mass is 16.4. The minimum Gasteiger partial charge on any atom is -0.465 e.